The van der Waals surface area contributed by atoms with E-state index in [2.05, 4.69) is 132 Å². The number of hydrogen-bond donors (Lipinski definition) is 0. The predicted octanol–water partition coefficient (Wildman–Crippen LogP) is 7.95. The third-order valence-corrected chi connectivity index (χ3v) is 6.35. The normalized spacial score (nSPS) is 11.0. The summed E-state index contributed by atoms with van der Waals surface area (Å²) < 4.78 is 0. The molecule has 32 heavy (non-hydrogen) atoms. The molecule has 0 amide bonds. The number of aryl methyl sites for hydroxylation is 3. The molecule has 0 aliphatic rings. The maximum atomic E-state index is 2.30. The predicted molar refractivity (Wildman–Crippen MR) is 133 cm³/mol. The van der Waals surface area contributed by atoms with Gasteiger partial charge in [0, 0.05) is 38.1 Å². The second kappa shape index (κ2) is 10.2. The Morgan fingerprint density at radius 3 is 1.03 bits per heavy atom. The van der Waals surface area contributed by atoms with Gasteiger partial charge in [-0.3, -0.25) is 0 Å². The third-order valence-electron chi connectivity index (χ3n) is 6.35. The smallest absolute Gasteiger partial charge is 0.0137 e. The van der Waals surface area contributed by atoms with Gasteiger partial charge in [0.25, 0.3) is 0 Å². The van der Waals surface area contributed by atoms with Crippen molar-refractivity contribution in [2.24, 2.45) is 0 Å². The average Bonchev–Trinajstić information content (AvgIpc) is 2.77. The van der Waals surface area contributed by atoms with Crippen LogP contribution in [0.2, 0.25) is 0 Å². The topological polar surface area (TPSA) is 0 Å². The fourth-order valence-electron chi connectivity index (χ4n) is 4.13. The summed E-state index contributed by atoms with van der Waals surface area (Å²) in [7, 11) is 0. The Balaban J connectivity index is 0.00000289. The van der Waals surface area contributed by atoms with Gasteiger partial charge in [0.2, 0.25) is 0 Å². The van der Waals surface area contributed by atoms with Crippen molar-refractivity contribution in [3.05, 3.63) is 147 Å². The van der Waals surface area contributed by atoms with Crippen LogP contribution in [0, 0.1) is 26.7 Å². The van der Waals surface area contributed by atoms with Crippen molar-refractivity contribution >= 4 is 0 Å². The van der Waals surface area contributed by atoms with Gasteiger partial charge in [0.15, 0.2) is 0 Å². The SMILES string of the molecule is Cc1ccc([C-](c2ccc(C)cc2)c2ccc(C(C)(C)c3ccc(C)cc3)cc2)cc1.[Y]. The average molecular weight is 492 g/mol. The summed E-state index contributed by atoms with van der Waals surface area (Å²) in [6.45, 7) is 11.0. The molecule has 1 radical (unpaired) electrons. The Morgan fingerprint density at radius 2 is 0.688 bits per heavy atom. The standard InChI is InChI=1S/C31H31.Y/c1-22-6-12-25(13-7-22)30(26-14-8-23(2)9-15-26)27-16-20-29(21-17-27)31(4,5)28-18-10-24(3)11-19-28;/h6-21H,1-5H3;/q-1;. The van der Waals surface area contributed by atoms with Crippen molar-refractivity contribution in [1.29, 1.82) is 0 Å². The van der Waals surface area contributed by atoms with Crippen LogP contribution in [0.3, 0.4) is 0 Å². The van der Waals surface area contributed by atoms with Gasteiger partial charge in [0.05, 0.1) is 0 Å². The molecular formula is C31H31Y-. The largest absolute Gasteiger partial charge is 0.0996 e. The van der Waals surface area contributed by atoms with Crippen LogP contribution in [0.25, 0.3) is 0 Å². The molecule has 4 rings (SSSR count). The molecule has 0 spiro atoms. The van der Waals surface area contributed by atoms with E-state index in [9.17, 15) is 0 Å². The summed E-state index contributed by atoms with van der Waals surface area (Å²) in [6.07, 6.45) is 0. The van der Waals surface area contributed by atoms with Gasteiger partial charge in [-0.25, -0.2) is 0 Å². The van der Waals surface area contributed by atoms with Crippen LogP contribution in [-0.2, 0) is 38.1 Å². The molecule has 0 N–H and O–H groups in total. The molecular weight excluding hydrogens is 461 g/mol. The molecule has 0 unspecified atom stereocenters. The molecule has 0 aliphatic carbocycles. The fourth-order valence-corrected chi connectivity index (χ4v) is 4.13. The van der Waals surface area contributed by atoms with Crippen LogP contribution in [0.5, 0.6) is 0 Å². The van der Waals surface area contributed by atoms with E-state index in [0.29, 0.717) is 0 Å². The second-order valence-electron chi connectivity index (χ2n) is 9.18. The number of benzene rings is 4. The second-order valence-corrected chi connectivity index (χ2v) is 9.18. The molecule has 4 aromatic carbocycles. The van der Waals surface area contributed by atoms with Gasteiger partial charge in [-0.05, 0) is 31.9 Å². The maximum absolute atomic E-state index is 2.30. The summed E-state index contributed by atoms with van der Waals surface area (Å²) >= 11 is 0. The van der Waals surface area contributed by atoms with Gasteiger partial charge < -0.3 is 0 Å². The molecule has 159 valence electrons. The summed E-state index contributed by atoms with van der Waals surface area (Å²) in [4.78, 5) is 0. The molecule has 0 heterocycles. The first-order chi connectivity index (χ1) is 14.8. The van der Waals surface area contributed by atoms with E-state index in [1.54, 1.807) is 0 Å². The summed E-state index contributed by atoms with van der Waals surface area (Å²) in [6, 6.07) is 35.7. The Labute approximate surface area is 219 Å². The third kappa shape index (κ3) is 5.25. The van der Waals surface area contributed by atoms with E-state index in [1.165, 1.54) is 50.4 Å². The van der Waals surface area contributed by atoms with Crippen LogP contribution in [0.1, 0.15) is 58.4 Å². The first-order valence-electron chi connectivity index (χ1n) is 11.0. The van der Waals surface area contributed by atoms with E-state index < -0.39 is 0 Å². The van der Waals surface area contributed by atoms with Crippen LogP contribution >= 0.6 is 0 Å². The molecule has 0 atom stereocenters. The minimum absolute atomic E-state index is 0. The Morgan fingerprint density at radius 1 is 0.438 bits per heavy atom. The zero-order valence-corrected chi connectivity index (χ0v) is 22.7. The molecule has 0 saturated carbocycles. The molecule has 0 aliphatic heterocycles. The van der Waals surface area contributed by atoms with Gasteiger partial charge in [-0.15, -0.1) is 0 Å². The zero-order valence-electron chi connectivity index (χ0n) is 19.8. The van der Waals surface area contributed by atoms with E-state index in [-0.39, 0.29) is 38.1 Å². The van der Waals surface area contributed by atoms with Crippen LogP contribution in [-0.4, -0.2) is 0 Å². The Hall–Kier alpha value is -2.15. The summed E-state index contributed by atoms with van der Waals surface area (Å²) in [5.41, 5.74) is 10.2. The van der Waals surface area contributed by atoms with Gasteiger partial charge in [-0.2, -0.15) is 0 Å². The molecule has 0 fully saturated rings. The maximum Gasteiger partial charge on any atom is 0.0137 e. The zero-order chi connectivity index (χ0) is 22.0. The van der Waals surface area contributed by atoms with Gasteiger partial charge in [-0.1, -0.05) is 150 Å². The summed E-state index contributed by atoms with van der Waals surface area (Å²) in [5.74, 6) is 1.28. The van der Waals surface area contributed by atoms with E-state index in [1.807, 2.05) is 0 Å². The molecule has 1 heteroatoms. The van der Waals surface area contributed by atoms with Crippen LogP contribution in [0.15, 0.2) is 97.1 Å². The molecule has 0 aromatic heterocycles. The van der Waals surface area contributed by atoms with Crippen molar-refractivity contribution in [3.63, 3.8) is 0 Å². The van der Waals surface area contributed by atoms with Gasteiger partial charge >= 0.3 is 0 Å². The number of hydrogen-bond acceptors (Lipinski definition) is 0. The Bertz CT molecular complexity index is 1090. The fraction of sp³-hybridized carbons (Fsp3) is 0.194. The first kappa shape index (κ1) is 24.5. The molecule has 0 bridgehead atoms. The van der Waals surface area contributed by atoms with Gasteiger partial charge in [0.1, 0.15) is 0 Å². The first-order valence-corrected chi connectivity index (χ1v) is 11.0. The monoisotopic (exact) mass is 492 g/mol. The Kier molecular flexibility index (Phi) is 7.81. The van der Waals surface area contributed by atoms with Crippen molar-refractivity contribution < 1.29 is 32.7 Å². The van der Waals surface area contributed by atoms with Crippen molar-refractivity contribution in [2.75, 3.05) is 0 Å². The molecule has 0 nitrogen and oxygen atoms in total. The molecule has 4 aromatic rings. The minimum Gasteiger partial charge on any atom is -0.0996 e. The number of rotatable bonds is 5. The quantitative estimate of drug-likeness (QED) is 0.196. The summed E-state index contributed by atoms with van der Waals surface area (Å²) in [5, 5.41) is 0. The van der Waals surface area contributed by atoms with Crippen molar-refractivity contribution in [1.82, 2.24) is 0 Å². The van der Waals surface area contributed by atoms with E-state index >= 15 is 0 Å². The molecule has 0 saturated heterocycles. The minimum atomic E-state index is -0.0416. The van der Waals surface area contributed by atoms with Crippen LogP contribution in [0.4, 0.5) is 0 Å². The van der Waals surface area contributed by atoms with Crippen LogP contribution < -0.4 is 0 Å². The van der Waals surface area contributed by atoms with E-state index in [0.717, 1.165) is 0 Å². The van der Waals surface area contributed by atoms with E-state index in [4.69, 9.17) is 0 Å². The van der Waals surface area contributed by atoms with Crippen molar-refractivity contribution in [3.8, 4) is 0 Å². The van der Waals surface area contributed by atoms with Crippen molar-refractivity contribution in [2.45, 2.75) is 40.0 Å².